The second-order valence-corrected chi connectivity index (χ2v) is 4.94. The van der Waals surface area contributed by atoms with Gasteiger partial charge in [0, 0.05) is 12.1 Å². The Morgan fingerprint density at radius 1 is 1.52 bits per heavy atom. The number of rotatable bonds is 4. The molecule has 8 heteroatoms. The molecule has 1 heterocycles. The van der Waals surface area contributed by atoms with E-state index in [2.05, 4.69) is 10.3 Å². The molecule has 0 bridgehead atoms. The number of carboxylic acids is 1. The van der Waals surface area contributed by atoms with Crippen molar-refractivity contribution in [1.29, 1.82) is 5.26 Å². The van der Waals surface area contributed by atoms with Crippen molar-refractivity contribution in [2.24, 2.45) is 5.92 Å². The number of nitrogens with zero attached hydrogens (tertiary/aromatic N) is 3. The number of pyridine rings is 1. The van der Waals surface area contributed by atoms with E-state index in [0.717, 1.165) is 25.1 Å². The Morgan fingerprint density at radius 2 is 2.24 bits per heavy atom. The van der Waals surface area contributed by atoms with Crippen molar-refractivity contribution in [3.8, 4) is 6.07 Å². The SMILES string of the molecule is N#Cc1cc([N+](=O)[O-])cnc1NC1CCCCC1C(=O)O. The van der Waals surface area contributed by atoms with Crippen LogP contribution in [0.1, 0.15) is 31.2 Å². The highest BCUT2D eigenvalue weighted by molar-refractivity contribution is 5.72. The summed E-state index contributed by atoms with van der Waals surface area (Å²) < 4.78 is 0. The highest BCUT2D eigenvalue weighted by atomic mass is 16.6. The van der Waals surface area contributed by atoms with Crippen LogP contribution in [0.2, 0.25) is 0 Å². The predicted octanol–water partition coefficient (Wildman–Crippen LogP) is 1.92. The normalized spacial score (nSPS) is 21.3. The molecule has 0 amide bonds. The summed E-state index contributed by atoms with van der Waals surface area (Å²) in [6, 6.07) is 2.66. The van der Waals surface area contributed by atoms with Crippen LogP contribution in [0.15, 0.2) is 12.3 Å². The fourth-order valence-electron chi connectivity index (χ4n) is 2.53. The van der Waals surface area contributed by atoms with Gasteiger partial charge in [-0.25, -0.2) is 4.98 Å². The molecule has 2 unspecified atom stereocenters. The Bertz CT molecular complexity index is 611. The van der Waals surface area contributed by atoms with E-state index >= 15 is 0 Å². The third-order valence-corrected chi connectivity index (χ3v) is 3.61. The van der Waals surface area contributed by atoms with Crippen molar-refractivity contribution in [1.82, 2.24) is 4.98 Å². The summed E-state index contributed by atoms with van der Waals surface area (Å²) in [4.78, 5) is 25.2. The molecule has 110 valence electrons. The van der Waals surface area contributed by atoms with Crippen LogP contribution in [0.25, 0.3) is 0 Å². The fraction of sp³-hybridized carbons (Fsp3) is 0.462. The number of aromatic nitrogens is 1. The van der Waals surface area contributed by atoms with Crippen LogP contribution in [0, 0.1) is 27.4 Å². The van der Waals surface area contributed by atoms with Crippen LogP contribution < -0.4 is 5.32 Å². The molecule has 2 atom stereocenters. The lowest BCUT2D eigenvalue weighted by Gasteiger charge is -2.29. The Kier molecular flexibility index (Phi) is 4.33. The summed E-state index contributed by atoms with van der Waals surface area (Å²) >= 11 is 0. The molecule has 0 spiro atoms. The molecule has 1 saturated carbocycles. The molecule has 2 N–H and O–H groups in total. The second-order valence-electron chi connectivity index (χ2n) is 4.94. The van der Waals surface area contributed by atoms with Crippen LogP contribution in [0.3, 0.4) is 0 Å². The highest BCUT2D eigenvalue weighted by Gasteiger charge is 2.31. The van der Waals surface area contributed by atoms with E-state index < -0.39 is 16.8 Å². The van der Waals surface area contributed by atoms with Crippen LogP contribution in [0.5, 0.6) is 0 Å². The number of anilines is 1. The van der Waals surface area contributed by atoms with Crippen molar-refractivity contribution in [2.45, 2.75) is 31.7 Å². The van der Waals surface area contributed by atoms with Crippen molar-refractivity contribution in [3.63, 3.8) is 0 Å². The van der Waals surface area contributed by atoms with E-state index in [1.807, 2.05) is 6.07 Å². The van der Waals surface area contributed by atoms with Crippen LogP contribution in [-0.2, 0) is 4.79 Å². The molecule has 1 fully saturated rings. The number of hydrogen-bond donors (Lipinski definition) is 2. The molecule has 1 aliphatic rings. The van der Waals surface area contributed by atoms with Gasteiger partial charge < -0.3 is 10.4 Å². The van der Waals surface area contributed by atoms with Gasteiger partial charge in [0.05, 0.1) is 10.8 Å². The zero-order chi connectivity index (χ0) is 15.4. The summed E-state index contributed by atoms with van der Waals surface area (Å²) in [5.41, 5.74) is -0.227. The van der Waals surface area contributed by atoms with Gasteiger partial charge in [-0.3, -0.25) is 14.9 Å². The van der Waals surface area contributed by atoms with Gasteiger partial charge in [0.2, 0.25) is 0 Å². The lowest BCUT2D eigenvalue weighted by molar-refractivity contribution is -0.385. The first-order chi connectivity index (χ1) is 10.0. The van der Waals surface area contributed by atoms with Gasteiger partial charge in [-0.1, -0.05) is 12.8 Å². The maximum atomic E-state index is 11.2. The van der Waals surface area contributed by atoms with E-state index in [4.69, 9.17) is 5.26 Å². The summed E-state index contributed by atoms with van der Waals surface area (Å²) in [6.45, 7) is 0. The molecule has 0 saturated heterocycles. The van der Waals surface area contributed by atoms with Gasteiger partial charge in [-0.15, -0.1) is 0 Å². The number of carbonyl (C=O) groups is 1. The molecule has 21 heavy (non-hydrogen) atoms. The average Bonchev–Trinajstić information content (AvgIpc) is 2.47. The van der Waals surface area contributed by atoms with E-state index in [9.17, 15) is 20.0 Å². The largest absolute Gasteiger partial charge is 0.481 e. The minimum atomic E-state index is -0.882. The first-order valence-corrected chi connectivity index (χ1v) is 6.57. The summed E-state index contributed by atoms with van der Waals surface area (Å²) in [5, 5.41) is 31.9. The first kappa shape index (κ1) is 14.7. The zero-order valence-corrected chi connectivity index (χ0v) is 11.2. The summed E-state index contributed by atoms with van der Waals surface area (Å²) in [7, 11) is 0. The minimum absolute atomic E-state index is 0.0407. The molecule has 8 nitrogen and oxygen atoms in total. The van der Waals surface area contributed by atoms with Crippen molar-refractivity contribution >= 4 is 17.5 Å². The van der Waals surface area contributed by atoms with Crippen LogP contribution in [0.4, 0.5) is 11.5 Å². The van der Waals surface area contributed by atoms with E-state index in [1.165, 1.54) is 0 Å². The Hall–Kier alpha value is -2.69. The Labute approximate surface area is 120 Å². The molecule has 1 aromatic rings. The molecule has 1 aliphatic carbocycles. The molecule has 2 rings (SSSR count). The molecule has 0 aromatic carbocycles. The van der Waals surface area contributed by atoms with E-state index in [1.54, 1.807) is 0 Å². The number of hydrogen-bond acceptors (Lipinski definition) is 6. The van der Waals surface area contributed by atoms with Gasteiger partial charge in [0.15, 0.2) is 0 Å². The minimum Gasteiger partial charge on any atom is -0.481 e. The summed E-state index contributed by atoms with van der Waals surface area (Å²) in [5.74, 6) is -1.23. The second kappa shape index (κ2) is 6.17. The lowest BCUT2D eigenvalue weighted by Crippen LogP contribution is -2.37. The van der Waals surface area contributed by atoms with Crippen LogP contribution in [-0.4, -0.2) is 27.0 Å². The topological polar surface area (TPSA) is 129 Å². The van der Waals surface area contributed by atoms with Gasteiger partial charge >= 0.3 is 5.97 Å². The molecule has 0 aliphatic heterocycles. The van der Waals surface area contributed by atoms with Gasteiger partial charge in [0.25, 0.3) is 5.69 Å². The highest BCUT2D eigenvalue weighted by Crippen LogP contribution is 2.28. The Balaban J connectivity index is 2.24. The zero-order valence-electron chi connectivity index (χ0n) is 11.2. The lowest BCUT2D eigenvalue weighted by atomic mass is 9.84. The molecular formula is C13H14N4O4. The monoisotopic (exact) mass is 290 g/mol. The third kappa shape index (κ3) is 3.25. The summed E-state index contributed by atoms with van der Waals surface area (Å²) in [6.07, 6.45) is 4.05. The number of nitrogens with one attached hydrogen (secondary N) is 1. The molecular weight excluding hydrogens is 276 g/mol. The molecule has 1 aromatic heterocycles. The van der Waals surface area contributed by atoms with Gasteiger partial charge in [-0.2, -0.15) is 5.26 Å². The number of nitriles is 1. The Morgan fingerprint density at radius 3 is 2.86 bits per heavy atom. The number of carboxylic acid groups (broad SMARTS) is 1. The fourth-order valence-corrected chi connectivity index (χ4v) is 2.53. The molecule has 0 radical (unpaired) electrons. The quantitative estimate of drug-likeness (QED) is 0.640. The van der Waals surface area contributed by atoms with Crippen molar-refractivity contribution in [2.75, 3.05) is 5.32 Å². The van der Waals surface area contributed by atoms with Crippen LogP contribution >= 0.6 is 0 Å². The van der Waals surface area contributed by atoms with Crippen molar-refractivity contribution < 1.29 is 14.8 Å². The average molecular weight is 290 g/mol. The maximum Gasteiger partial charge on any atom is 0.308 e. The van der Waals surface area contributed by atoms with E-state index in [0.29, 0.717) is 12.8 Å². The smallest absolute Gasteiger partial charge is 0.308 e. The first-order valence-electron chi connectivity index (χ1n) is 6.57. The maximum absolute atomic E-state index is 11.2. The van der Waals surface area contributed by atoms with Gasteiger partial charge in [-0.05, 0) is 12.8 Å². The van der Waals surface area contributed by atoms with Gasteiger partial charge in [0.1, 0.15) is 23.6 Å². The predicted molar refractivity (Wildman–Crippen MR) is 72.6 cm³/mol. The van der Waals surface area contributed by atoms with Crippen molar-refractivity contribution in [3.05, 3.63) is 27.9 Å². The standard InChI is InChI=1S/C13H14N4O4/c14-6-8-5-9(17(20)21)7-15-12(8)16-11-4-2-1-3-10(11)13(18)19/h5,7,10-11H,1-4H2,(H,15,16)(H,18,19). The number of aliphatic carboxylic acids is 1. The third-order valence-electron chi connectivity index (χ3n) is 3.61. The van der Waals surface area contributed by atoms with E-state index in [-0.39, 0.29) is 23.1 Å². The number of nitro groups is 1.